The van der Waals surface area contributed by atoms with Gasteiger partial charge in [-0.3, -0.25) is 9.59 Å². The minimum Gasteiger partial charge on any atom is -0.463 e. The molecule has 1 spiro atoms. The van der Waals surface area contributed by atoms with Crippen molar-refractivity contribution in [3.8, 4) is 0 Å². The normalized spacial score (nSPS) is 55.0. The molecule has 0 aliphatic heterocycles. The summed E-state index contributed by atoms with van der Waals surface area (Å²) in [5, 5.41) is 0. The highest BCUT2D eigenvalue weighted by Crippen LogP contribution is 2.87. The summed E-state index contributed by atoms with van der Waals surface area (Å²) in [6.07, 6.45) is 7.60. The molecule has 5 rings (SSSR count). The van der Waals surface area contributed by atoms with E-state index in [1.807, 2.05) is 0 Å². The third-order valence-electron chi connectivity index (χ3n) is 9.90. The summed E-state index contributed by atoms with van der Waals surface area (Å²) >= 11 is 14.0. The van der Waals surface area contributed by atoms with Crippen molar-refractivity contribution in [3.63, 3.8) is 0 Å². The summed E-state index contributed by atoms with van der Waals surface area (Å²) in [4.78, 5) is 24.2. The van der Waals surface area contributed by atoms with Gasteiger partial charge in [0.15, 0.2) is 0 Å². The van der Waals surface area contributed by atoms with Crippen molar-refractivity contribution >= 4 is 35.0 Å². The molecule has 150 valence electrons. The molecule has 0 unspecified atom stereocenters. The SMILES string of the molecule is CC(=O)O[C@H]1CC[C@]2(C)[C@H]3CC[C@]4(C)C(=O)CC[C@H]4[C@@H]3C[C@H]3C(Cl)(Cl)[C@]32C1. The molecule has 0 aromatic heterocycles. The molecule has 8 atom stereocenters. The first-order chi connectivity index (χ1) is 12.6. The first-order valence-electron chi connectivity index (χ1n) is 10.7. The molecule has 27 heavy (non-hydrogen) atoms. The van der Waals surface area contributed by atoms with Gasteiger partial charge < -0.3 is 4.74 Å². The smallest absolute Gasteiger partial charge is 0.302 e. The van der Waals surface area contributed by atoms with Gasteiger partial charge in [-0.05, 0) is 68.1 Å². The molecule has 0 radical (unpaired) electrons. The number of carbonyl (C=O) groups excluding carboxylic acids is 2. The van der Waals surface area contributed by atoms with E-state index in [0.29, 0.717) is 23.5 Å². The van der Waals surface area contributed by atoms with Crippen LogP contribution in [-0.4, -0.2) is 22.2 Å². The van der Waals surface area contributed by atoms with Crippen LogP contribution in [0.25, 0.3) is 0 Å². The van der Waals surface area contributed by atoms with Crippen molar-refractivity contribution in [2.75, 3.05) is 0 Å². The van der Waals surface area contributed by atoms with Crippen LogP contribution in [0.5, 0.6) is 0 Å². The Labute approximate surface area is 171 Å². The predicted octanol–water partition coefficient (Wildman–Crippen LogP) is 5.31. The second kappa shape index (κ2) is 5.45. The molecule has 5 fully saturated rings. The second-order valence-electron chi connectivity index (χ2n) is 10.6. The Hall–Kier alpha value is -0.280. The Morgan fingerprint density at radius 2 is 1.85 bits per heavy atom. The lowest BCUT2D eigenvalue weighted by molar-refractivity contribution is -0.163. The summed E-state index contributed by atoms with van der Waals surface area (Å²) in [7, 11) is 0. The number of Topliss-reactive ketones (excluding diaryl/α,β-unsaturated/α-hetero) is 1. The first kappa shape index (κ1) is 18.7. The van der Waals surface area contributed by atoms with Gasteiger partial charge in [-0.2, -0.15) is 0 Å². The Morgan fingerprint density at radius 1 is 1.11 bits per heavy atom. The summed E-state index contributed by atoms with van der Waals surface area (Å²) in [5.74, 6) is 2.16. The molecular formula is C22H30Cl2O3. The maximum atomic E-state index is 12.6. The van der Waals surface area contributed by atoms with E-state index in [4.69, 9.17) is 27.9 Å². The van der Waals surface area contributed by atoms with Gasteiger partial charge >= 0.3 is 5.97 Å². The number of halogens is 2. The zero-order valence-electron chi connectivity index (χ0n) is 16.5. The molecular weight excluding hydrogens is 383 g/mol. The molecule has 0 aromatic rings. The number of fused-ring (bicyclic) bond motifs is 4. The molecule has 5 aliphatic carbocycles. The number of hydrogen-bond donors (Lipinski definition) is 0. The van der Waals surface area contributed by atoms with E-state index in [1.165, 1.54) is 6.92 Å². The van der Waals surface area contributed by atoms with Gasteiger partial charge in [0.25, 0.3) is 0 Å². The largest absolute Gasteiger partial charge is 0.463 e. The first-order valence-corrected chi connectivity index (χ1v) is 11.4. The number of carbonyl (C=O) groups is 2. The Bertz CT molecular complexity index is 720. The van der Waals surface area contributed by atoms with E-state index in [-0.39, 0.29) is 34.2 Å². The van der Waals surface area contributed by atoms with Crippen molar-refractivity contribution in [1.82, 2.24) is 0 Å². The van der Waals surface area contributed by atoms with Crippen LogP contribution >= 0.6 is 23.2 Å². The number of rotatable bonds is 1. The molecule has 0 aromatic carbocycles. The highest BCUT2D eigenvalue weighted by molar-refractivity contribution is 6.52. The zero-order valence-corrected chi connectivity index (χ0v) is 18.0. The van der Waals surface area contributed by atoms with Crippen molar-refractivity contribution < 1.29 is 14.3 Å². The van der Waals surface area contributed by atoms with Gasteiger partial charge in [-0.1, -0.05) is 13.8 Å². The third-order valence-corrected chi connectivity index (χ3v) is 11.1. The highest BCUT2D eigenvalue weighted by atomic mass is 35.5. The topological polar surface area (TPSA) is 43.4 Å². The lowest BCUT2D eigenvalue weighted by Gasteiger charge is -2.60. The van der Waals surface area contributed by atoms with Gasteiger partial charge in [0.2, 0.25) is 0 Å². The van der Waals surface area contributed by atoms with Crippen LogP contribution in [0.1, 0.15) is 72.1 Å². The van der Waals surface area contributed by atoms with Gasteiger partial charge in [0.05, 0.1) is 0 Å². The number of alkyl halides is 2. The van der Waals surface area contributed by atoms with Crippen molar-refractivity contribution in [2.24, 2.45) is 39.9 Å². The van der Waals surface area contributed by atoms with Crippen LogP contribution in [-0.2, 0) is 14.3 Å². The average molecular weight is 413 g/mol. The Balaban J connectivity index is 1.51. The van der Waals surface area contributed by atoms with Crippen LogP contribution in [0, 0.1) is 39.9 Å². The molecule has 0 bridgehead atoms. The number of esters is 1. The van der Waals surface area contributed by atoms with Crippen LogP contribution < -0.4 is 0 Å². The molecule has 0 saturated heterocycles. The van der Waals surface area contributed by atoms with E-state index in [1.54, 1.807) is 0 Å². The molecule has 3 nitrogen and oxygen atoms in total. The average Bonchev–Trinajstić information content (AvgIpc) is 2.88. The van der Waals surface area contributed by atoms with Crippen molar-refractivity contribution in [2.45, 2.75) is 82.6 Å². The number of ketones is 1. The predicted molar refractivity (Wildman–Crippen MR) is 105 cm³/mol. The van der Waals surface area contributed by atoms with Gasteiger partial charge in [0.1, 0.15) is 16.2 Å². The molecule has 0 amide bonds. The van der Waals surface area contributed by atoms with Gasteiger partial charge in [-0.25, -0.2) is 0 Å². The second-order valence-corrected chi connectivity index (χ2v) is 12.0. The monoisotopic (exact) mass is 412 g/mol. The summed E-state index contributed by atoms with van der Waals surface area (Å²) < 4.78 is 4.88. The maximum absolute atomic E-state index is 12.6. The molecule has 0 heterocycles. The van der Waals surface area contributed by atoms with Crippen LogP contribution in [0.3, 0.4) is 0 Å². The fourth-order valence-electron chi connectivity index (χ4n) is 8.62. The summed E-state index contributed by atoms with van der Waals surface area (Å²) in [6.45, 7) is 6.11. The van der Waals surface area contributed by atoms with Gasteiger partial charge in [-0.15, -0.1) is 23.2 Å². The quantitative estimate of drug-likeness (QED) is 0.432. The lowest BCUT2D eigenvalue weighted by Crippen LogP contribution is -2.55. The molecule has 5 saturated carbocycles. The number of hydrogen-bond acceptors (Lipinski definition) is 3. The standard InChI is InChI=1S/C22H30Cl2O3/c1-12(25)27-13-6-9-20(3)16-7-8-19(2)15(4-5-18(19)26)14(16)10-17-21(20,11-13)22(17,23)24/h13-17H,4-11H2,1-3H3/t13-,14-,15-,16-,17+,19-,20+,21+/m0/s1. The lowest BCUT2D eigenvalue weighted by atomic mass is 9.44. The summed E-state index contributed by atoms with van der Waals surface area (Å²) in [5.41, 5.74) is -0.185. The van der Waals surface area contributed by atoms with E-state index < -0.39 is 4.33 Å². The maximum Gasteiger partial charge on any atom is 0.302 e. The van der Waals surface area contributed by atoms with Crippen LogP contribution in [0.4, 0.5) is 0 Å². The van der Waals surface area contributed by atoms with Crippen LogP contribution in [0.2, 0.25) is 0 Å². The van der Waals surface area contributed by atoms with E-state index in [0.717, 1.165) is 51.4 Å². The van der Waals surface area contributed by atoms with Gasteiger partial charge in [0, 0.05) is 30.1 Å². The fraction of sp³-hybridized carbons (Fsp3) is 0.909. The van der Waals surface area contributed by atoms with E-state index in [2.05, 4.69) is 13.8 Å². The number of ether oxygens (including phenoxy) is 1. The zero-order chi connectivity index (χ0) is 19.4. The fourth-order valence-corrected chi connectivity index (χ4v) is 9.91. The Morgan fingerprint density at radius 3 is 2.56 bits per heavy atom. The van der Waals surface area contributed by atoms with E-state index in [9.17, 15) is 9.59 Å². The minimum atomic E-state index is -0.725. The van der Waals surface area contributed by atoms with Crippen molar-refractivity contribution in [3.05, 3.63) is 0 Å². The van der Waals surface area contributed by atoms with E-state index >= 15 is 0 Å². The minimum absolute atomic E-state index is 0.0593. The molecule has 5 aliphatic rings. The van der Waals surface area contributed by atoms with Crippen LogP contribution in [0.15, 0.2) is 0 Å². The van der Waals surface area contributed by atoms with Crippen molar-refractivity contribution in [1.29, 1.82) is 0 Å². The molecule has 5 heteroatoms. The molecule has 0 N–H and O–H groups in total. The Kier molecular flexibility index (Phi) is 3.78. The third kappa shape index (κ3) is 2.06. The summed E-state index contributed by atoms with van der Waals surface area (Å²) in [6, 6.07) is 0. The highest BCUT2D eigenvalue weighted by Gasteiger charge is 2.86.